The predicted octanol–water partition coefficient (Wildman–Crippen LogP) is 3.96. The van der Waals surface area contributed by atoms with Crippen molar-refractivity contribution in [3.63, 3.8) is 0 Å². The average Bonchev–Trinajstić information content (AvgIpc) is 2.95. The number of fused-ring (bicyclic) bond motifs is 1. The van der Waals surface area contributed by atoms with Crippen molar-refractivity contribution in [2.75, 3.05) is 5.73 Å². The Bertz CT molecular complexity index is 719. The van der Waals surface area contributed by atoms with Crippen molar-refractivity contribution < 1.29 is 26.2 Å². The van der Waals surface area contributed by atoms with Gasteiger partial charge in [0.1, 0.15) is 0 Å². The van der Waals surface area contributed by atoms with Crippen LogP contribution < -0.4 is 5.73 Å². The number of hydrogen-bond acceptors (Lipinski definition) is 1. The van der Waals surface area contributed by atoms with Crippen LogP contribution in [0.5, 0.6) is 0 Å². The van der Waals surface area contributed by atoms with Gasteiger partial charge < -0.3 is 5.73 Å². The summed E-state index contributed by atoms with van der Waals surface area (Å²) in [5.74, 6) is 0.407. The fourth-order valence-electron chi connectivity index (χ4n) is 3.28. The molecule has 2 aliphatic rings. The van der Waals surface area contributed by atoms with Gasteiger partial charge in [0.25, 0.3) is 0 Å². The molecule has 1 nitrogen and oxygen atoms in total. The Hall–Kier alpha value is -0.790. The van der Waals surface area contributed by atoms with Gasteiger partial charge in [0, 0.05) is 31.9 Å². The van der Waals surface area contributed by atoms with Crippen molar-refractivity contribution in [3.05, 3.63) is 58.7 Å². The van der Waals surface area contributed by atoms with Crippen LogP contribution in [-0.4, -0.2) is 13.6 Å². The van der Waals surface area contributed by atoms with E-state index in [1.807, 2.05) is 6.07 Å². The summed E-state index contributed by atoms with van der Waals surface area (Å²) in [6.07, 6.45) is 8.08. The van der Waals surface area contributed by atoms with Crippen LogP contribution in [0.1, 0.15) is 30.9 Å². The monoisotopic (exact) mass is 368 g/mol. The summed E-state index contributed by atoms with van der Waals surface area (Å²) >= 11 is 0. The van der Waals surface area contributed by atoms with Crippen molar-refractivity contribution in [1.82, 2.24) is 0 Å². The molecule has 0 bridgehead atoms. The Morgan fingerprint density at radius 1 is 1.19 bits per heavy atom. The van der Waals surface area contributed by atoms with E-state index in [0.29, 0.717) is 5.92 Å². The first-order chi connectivity index (χ1) is 9.50. The number of nitrogen functional groups attached to an aromatic ring is 1. The minimum atomic E-state index is -0.432. The van der Waals surface area contributed by atoms with E-state index in [2.05, 4.69) is 57.3 Å². The van der Waals surface area contributed by atoms with Crippen LogP contribution in [0.15, 0.2) is 41.5 Å². The molecule has 1 aromatic rings. The first-order valence-corrected chi connectivity index (χ1v) is 9.60. The third kappa shape index (κ3) is 2.66. The molecule has 0 amide bonds. The molecule has 3 heteroatoms. The molecule has 0 heterocycles. The zero-order valence-corrected chi connectivity index (χ0v) is 16.5. The molecule has 2 N–H and O–H groups in total. The molecule has 0 saturated heterocycles. The maximum Gasteiger partial charge on any atom is 0.0385 e. The summed E-state index contributed by atoms with van der Waals surface area (Å²) in [6.45, 7) is 9.09. The van der Waals surface area contributed by atoms with Gasteiger partial charge in [0.05, 0.1) is 0 Å². The third-order valence-corrected chi connectivity index (χ3v) is 5.69. The largest absolute Gasteiger partial charge is 0.398 e. The van der Waals surface area contributed by atoms with Crippen LogP contribution in [0.2, 0.25) is 13.1 Å². The van der Waals surface area contributed by atoms with Crippen LogP contribution in [0.3, 0.4) is 0 Å². The molecular formula is C18H20NSiZr-. The van der Waals surface area contributed by atoms with E-state index in [1.165, 1.54) is 33.0 Å². The summed E-state index contributed by atoms with van der Waals surface area (Å²) in [7, 11) is -0.432. The summed E-state index contributed by atoms with van der Waals surface area (Å²) in [6, 6.07) is 6.25. The minimum Gasteiger partial charge on any atom is -0.398 e. The van der Waals surface area contributed by atoms with Crippen molar-refractivity contribution >= 4 is 24.8 Å². The molecular weight excluding hydrogens is 350 g/mol. The van der Waals surface area contributed by atoms with Gasteiger partial charge in [-0.3, -0.25) is 0 Å². The molecule has 0 aliphatic heterocycles. The van der Waals surface area contributed by atoms with E-state index >= 15 is 0 Å². The molecule has 0 fully saturated rings. The zero-order chi connectivity index (χ0) is 14.4. The molecule has 1 unspecified atom stereocenters. The molecule has 0 aromatic heterocycles. The van der Waals surface area contributed by atoms with Gasteiger partial charge in [-0.2, -0.15) is 17.7 Å². The normalized spacial score (nSPS) is 19.5. The average molecular weight is 370 g/mol. The van der Waals surface area contributed by atoms with Crippen LogP contribution >= 0.6 is 0 Å². The van der Waals surface area contributed by atoms with Crippen LogP contribution in [-0.2, 0) is 26.2 Å². The smallest absolute Gasteiger partial charge is 0.0385 e. The van der Waals surface area contributed by atoms with E-state index in [1.54, 1.807) is 0 Å². The maximum atomic E-state index is 6.18. The molecule has 0 spiro atoms. The minimum absolute atomic E-state index is 0. The van der Waals surface area contributed by atoms with Gasteiger partial charge in [-0.25, -0.2) is 0 Å². The van der Waals surface area contributed by atoms with Crippen molar-refractivity contribution in [1.29, 1.82) is 0 Å². The molecule has 3 rings (SSSR count). The number of anilines is 1. The second-order valence-corrected chi connectivity index (χ2v) is 8.40. The van der Waals surface area contributed by atoms with E-state index in [9.17, 15) is 0 Å². The van der Waals surface area contributed by atoms with Gasteiger partial charge in [-0.15, -0.1) is 16.8 Å². The van der Waals surface area contributed by atoms with Crippen LogP contribution in [0.25, 0.3) is 5.57 Å². The van der Waals surface area contributed by atoms with Gasteiger partial charge in [0.15, 0.2) is 0 Å². The Morgan fingerprint density at radius 2 is 1.90 bits per heavy atom. The van der Waals surface area contributed by atoms with Gasteiger partial charge in [0.2, 0.25) is 0 Å². The second-order valence-electron chi connectivity index (χ2n) is 5.86. The Balaban J connectivity index is 0.00000161. The van der Waals surface area contributed by atoms with Crippen LogP contribution in [0, 0.1) is 6.08 Å². The number of allylic oxidation sites excluding steroid dienone is 6. The van der Waals surface area contributed by atoms with Gasteiger partial charge in [-0.05, 0) is 38.4 Å². The van der Waals surface area contributed by atoms with E-state index in [4.69, 9.17) is 5.73 Å². The predicted molar refractivity (Wildman–Crippen MR) is 90.2 cm³/mol. The van der Waals surface area contributed by atoms with Gasteiger partial charge >= 0.3 is 0 Å². The maximum absolute atomic E-state index is 6.18. The quantitative estimate of drug-likeness (QED) is 0.452. The SMILES string of the molecule is CC1=C(C2=[C-]C(=[Si](C)C)C=C2)C(C)c2cccc(N)c21.[Zr]. The van der Waals surface area contributed by atoms with Crippen molar-refractivity contribution in [2.45, 2.75) is 32.9 Å². The van der Waals surface area contributed by atoms with E-state index in [-0.39, 0.29) is 26.2 Å². The third-order valence-electron chi connectivity index (χ3n) is 4.32. The Morgan fingerprint density at radius 3 is 2.48 bits per heavy atom. The fraction of sp³-hybridized carbons (Fsp3) is 0.278. The van der Waals surface area contributed by atoms with Crippen LogP contribution in [0.4, 0.5) is 5.69 Å². The summed E-state index contributed by atoms with van der Waals surface area (Å²) in [5, 5.41) is 1.39. The standard InChI is InChI=1S/C18H20NSi.Zr/c1-11-15-6-5-7-16(19)18(15)12(2)17(11)13-8-9-14(10-13)20(3)4;/h5-9,11H,19H2,1-4H3;/q-1;. The first kappa shape index (κ1) is 16.6. The second kappa shape index (κ2) is 6.14. The molecule has 106 valence electrons. The van der Waals surface area contributed by atoms with Gasteiger partial charge in [-0.1, -0.05) is 37.7 Å². The molecule has 1 aromatic carbocycles. The fourth-order valence-corrected chi connectivity index (χ4v) is 4.08. The number of rotatable bonds is 1. The van der Waals surface area contributed by atoms with E-state index < -0.39 is 8.41 Å². The summed E-state index contributed by atoms with van der Waals surface area (Å²) < 4.78 is 0. The topological polar surface area (TPSA) is 26.0 Å². The molecule has 1 atom stereocenters. The molecule has 2 aliphatic carbocycles. The zero-order valence-electron chi connectivity index (χ0n) is 13.0. The summed E-state index contributed by atoms with van der Waals surface area (Å²) in [5.41, 5.74) is 13.6. The number of hydrogen-bond donors (Lipinski definition) is 1. The molecule has 0 radical (unpaired) electrons. The Kier molecular flexibility index (Phi) is 4.85. The van der Waals surface area contributed by atoms with Crippen molar-refractivity contribution in [2.24, 2.45) is 0 Å². The van der Waals surface area contributed by atoms with Crippen molar-refractivity contribution in [3.8, 4) is 0 Å². The first-order valence-electron chi connectivity index (χ1n) is 7.10. The molecule has 21 heavy (non-hydrogen) atoms. The Labute approximate surface area is 148 Å². The summed E-state index contributed by atoms with van der Waals surface area (Å²) in [4.78, 5) is 0. The number of benzene rings is 1. The molecule has 0 saturated carbocycles. The van der Waals surface area contributed by atoms with E-state index in [0.717, 1.165) is 5.69 Å². The number of nitrogens with two attached hydrogens (primary N) is 1.